The molecule has 0 spiro atoms. The second kappa shape index (κ2) is 7.06. The molecule has 1 heterocycles. The van der Waals surface area contributed by atoms with Gasteiger partial charge in [-0.3, -0.25) is 0 Å². The van der Waals surface area contributed by atoms with E-state index in [9.17, 15) is 0 Å². The van der Waals surface area contributed by atoms with E-state index in [1.165, 1.54) is 12.0 Å². The van der Waals surface area contributed by atoms with Crippen LogP contribution in [0.15, 0.2) is 30.3 Å². The fraction of sp³-hybridized carbons (Fsp3) is 0.647. The maximum atomic E-state index is 5.64. The molecule has 1 aliphatic heterocycles. The Kier molecular flexibility index (Phi) is 5.41. The Morgan fingerprint density at radius 1 is 1.26 bits per heavy atom. The molecule has 1 aliphatic rings. The number of benzene rings is 1. The lowest BCUT2D eigenvalue weighted by atomic mass is 9.94. The summed E-state index contributed by atoms with van der Waals surface area (Å²) in [5.74, 6) is 0.704. The smallest absolute Gasteiger partial charge is 0.0561 e. The normalized spacial score (nSPS) is 25.5. The summed E-state index contributed by atoms with van der Waals surface area (Å²) in [6.07, 6.45) is 3.84. The highest BCUT2D eigenvalue weighted by Gasteiger charge is 2.23. The molecule has 0 amide bonds. The average Bonchev–Trinajstić information content (AvgIpc) is 2.38. The molecule has 1 aromatic carbocycles. The monoisotopic (exact) mass is 261 g/mol. The second-order valence-electron chi connectivity index (χ2n) is 6.16. The molecule has 19 heavy (non-hydrogen) atoms. The minimum Gasteiger partial charge on any atom is -0.378 e. The summed E-state index contributed by atoms with van der Waals surface area (Å²) in [4.78, 5) is 0. The van der Waals surface area contributed by atoms with Crippen LogP contribution in [0.2, 0.25) is 0 Å². The highest BCUT2D eigenvalue weighted by Crippen LogP contribution is 2.24. The molecule has 1 aromatic rings. The third-order valence-corrected chi connectivity index (χ3v) is 3.83. The third-order valence-electron chi connectivity index (χ3n) is 3.83. The van der Waals surface area contributed by atoms with E-state index in [1.807, 2.05) is 0 Å². The molecule has 0 saturated carbocycles. The van der Waals surface area contributed by atoms with Gasteiger partial charge in [0.15, 0.2) is 0 Å². The summed E-state index contributed by atoms with van der Waals surface area (Å²) in [6, 6.07) is 11.9. The van der Waals surface area contributed by atoms with Gasteiger partial charge in [-0.2, -0.15) is 0 Å². The quantitative estimate of drug-likeness (QED) is 0.867. The number of hydrogen-bond acceptors (Lipinski definition) is 2. The fourth-order valence-corrected chi connectivity index (χ4v) is 2.89. The Morgan fingerprint density at radius 2 is 2.00 bits per heavy atom. The zero-order valence-corrected chi connectivity index (χ0v) is 12.4. The molecule has 2 heteroatoms. The maximum absolute atomic E-state index is 5.64. The second-order valence-corrected chi connectivity index (χ2v) is 6.16. The Balaban J connectivity index is 2.01. The molecule has 0 aliphatic carbocycles. The van der Waals surface area contributed by atoms with Gasteiger partial charge < -0.3 is 10.1 Å². The van der Waals surface area contributed by atoms with Gasteiger partial charge in [-0.25, -0.2) is 0 Å². The molecule has 2 nitrogen and oxygen atoms in total. The van der Waals surface area contributed by atoms with E-state index >= 15 is 0 Å². The van der Waals surface area contributed by atoms with E-state index in [0.717, 1.165) is 19.4 Å². The van der Waals surface area contributed by atoms with Crippen molar-refractivity contribution in [2.75, 3.05) is 6.61 Å². The lowest BCUT2D eigenvalue weighted by Gasteiger charge is -2.32. The molecular weight excluding hydrogens is 234 g/mol. The van der Waals surface area contributed by atoms with Crippen molar-refractivity contribution in [3.05, 3.63) is 35.9 Å². The van der Waals surface area contributed by atoms with Crippen LogP contribution in [0.3, 0.4) is 0 Å². The zero-order valence-electron chi connectivity index (χ0n) is 12.4. The first-order valence-electron chi connectivity index (χ1n) is 7.57. The van der Waals surface area contributed by atoms with E-state index in [4.69, 9.17) is 4.74 Å². The van der Waals surface area contributed by atoms with E-state index in [1.54, 1.807) is 0 Å². The van der Waals surface area contributed by atoms with Crippen LogP contribution >= 0.6 is 0 Å². The van der Waals surface area contributed by atoms with Crippen molar-refractivity contribution in [2.24, 2.45) is 5.92 Å². The van der Waals surface area contributed by atoms with Crippen molar-refractivity contribution >= 4 is 0 Å². The largest absolute Gasteiger partial charge is 0.378 e. The van der Waals surface area contributed by atoms with Crippen LogP contribution < -0.4 is 5.32 Å². The van der Waals surface area contributed by atoms with E-state index in [2.05, 4.69) is 56.4 Å². The molecule has 0 aromatic heterocycles. The topological polar surface area (TPSA) is 21.3 Å². The van der Waals surface area contributed by atoms with Crippen molar-refractivity contribution in [3.63, 3.8) is 0 Å². The van der Waals surface area contributed by atoms with Gasteiger partial charge in [-0.15, -0.1) is 0 Å². The predicted octanol–water partition coefficient (Wildman–Crippen LogP) is 3.93. The number of nitrogens with one attached hydrogen (secondary N) is 1. The first-order chi connectivity index (χ1) is 9.15. The molecule has 1 fully saturated rings. The Labute approximate surface area is 117 Å². The zero-order chi connectivity index (χ0) is 13.7. The van der Waals surface area contributed by atoms with E-state index in [0.29, 0.717) is 24.1 Å². The first kappa shape index (κ1) is 14.5. The van der Waals surface area contributed by atoms with Crippen molar-refractivity contribution < 1.29 is 4.74 Å². The molecule has 106 valence electrons. The standard InChI is InChI=1S/C17H27NO/c1-13(2)11-17(15-7-5-4-6-8-15)18-16-9-10-19-14(3)12-16/h4-8,13-14,16-18H,9-12H2,1-3H3. The minimum absolute atomic E-state index is 0.390. The van der Waals surface area contributed by atoms with Crippen LogP contribution in [0.25, 0.3) is 0 Å². The van der Waals surface area contributed by atoms with Crippen LogP contribution in [0.1, 0.15) is 51.6 Å². The van der Waals surface area contributed by atoms with E-state index < -0.39 is 0 Å². The number of ether oxygens (including phenoxy) is 1. The molecule has 1 N–H and O–H groups in total. The van der Waals surface area contributed by atoms with Gasteiger partial charge in [0.1, 0.15) is 0 Å². The molecule has 1 saturated heterocycles. The van der Waals surface area contributed by atoms with Gasteiger partial charge in [-0.05, 0) is 37.7 Å². The lowest BCUT2D eigenvalue weighted by molar-refractivity contribution is 0.0107. The van der Waals surface area contributed by atoms with Crippen LogP contribution in [0, 0.1) is 5.92 Å². The molecule has 0 radical (unpaired) electrons. The van der Waals surface area contributed by atoms with Gasteiger partial charge in [0, 0.05) is 18.7 Å². The lowest BCUT2D eigenvalue weighted by Crippen LogP contribution is -2.40. The molecule has 2 rings (SSSR count). The fourth-order valence-electron chi connectivity index (χ4n) is 2.89. The number of rotatable bonds is 5. The van der Waals surface area contributed by atoms with Gasteiger partial charge in [0.25, 0.3) is 0 Å². The first-order valence-corrected chi connectivity index (χ1v) is 7.57. The Morgan fingerprint density at radius 3 is 2.63 bits per heavy atom. The summed E-state index contributed by atoms with van der Waals surface area (Å²) in [7, 11) is 0. The average molecular weight is 261 g/mol. The Hall–Kier alpha value is -0.860. The van der Waals surface area contributed by atoms with Crippen molar-refractivity contribution in [3.8, 4) is 0 Å². The molecule has 3 unspecified atom stereocenters. The van der Waals surface area contributed by atoms with Crippen LogP contribution in [-0.2, 0) is 4.74 Å². The van der Waals surface area contributed by atoms with E-state index in [-0.39, 0.29) is 0 Å². The van der Waals surface area contributed by atoms with Crippen LogP contribution in [0.5, 0.6) is 0 Å². The predicted molar refractivity (Wildman–Crippen MR) is 80.2 cm³/mol. The van der Waals surface area contributed by atoms with Gasteiger partial charge >= 0.3 is 0 Å². The maximum Gasteiger partial charge on any atom is 0.0561 e. The van der Waals surface area contributed by atoms with Crippen molar-refractivity contribution in [1.29, 1.82) is 0 Å². The number of hydrogen-bond donors (Lipinski definition) is 1. The summed E-state index contributed by atoms with van der Waals surface area (Å²) in [5, 5.41) is 3.85. The summed E-state index contributed by atoms with van der Waals surface area (Å²) in [5.41, 5.74) is 1.41. The van der Waals surface area contributed by atoms with Gasteiger partial charge in [-0.1, -0.05) is 44.2 Å². The summed E-state index contributed by atoms with van der Waals surface area (Å²) < 4.78 is 5.64. The minimum atomic E-state index is 0.390. The van der Waals surface area contributed by atoms with Gasteiger partial charge in [0.2, 0.25) is 0 Å². The highest BCUT2D eigenvalue weighted by molar-refractivity contribution is 5.19. The summed E-state index contributed by atoms with van der Waals surface area (Å²) in [6.45, 7) is 7.66. The molecular formula is C17H27NO. The van der Waals surface area contributed by atoms with Crippen molar-refractivity contribution in [1.82, 2.24) is 5.32 Å². The molecule has 3 atom stereocenters. The SMILES string of the molecule is CC(C)CC(NC1CCOC(C)C1)c1ccccc1. The third kappa shape index (κ3) is 4.63. The molecule has 0 bridgehead atoms. The Bertz CT molecular complexity index is 363. The van der Waals surface area contributed by atoms with Crippen molar-refractivity contribution in [2.45, 2.75) is 58.2 Å². The van der Waals surface area contributed by atoms with Crippen LogP contribution in [0.4, 0.5) is 0 Å². The van der Waals surface area contributed by atoms with Gasteiger partial charge in [0.05, 0.1) is 6.10 Å². The highest BCUT2D eigenvalue weighted by atomic mass is 16.5. The van der Waals surface area contributed by atoms with Crippen LogP contribution in [-0.4, -0.2) is 18.8 Å². The summed E-state index contributed by atoms with van der Waals surface area (Å²) >= 11 is 0.